The van der Waals surface area contributed by atoms with Crippen LogP contribution in [0.1, 0.15) is 12.8 Å². The molecule has 1 amide bonds. The van der Waals surface area contributed by atoms with E-state index in [9.17, 15) is 4.79 Å². The largest absolute Gasteiger partial charge is 0.379 e. The summed E-state index contributed by atoms with van der Waals surface area (Å²) >= 11 is 0. The molecule has 0 heterocycles. The van der Waals surface area contributed by atoms with Gasteiger partial charge in [0.25, 0.3) is 0 Å². The number of carbonyl (C=O) groups excluding carboxylic acids is 1. The molecular formula is C16H30N2O5. The summed E-state index contributed by atoms with van der Waals surface area (Å²) in [5, 5.41) is 14.7. The van der Waals surface area contributed by atoms with Crippen molar-refractivity contribution in [2.45, 2.75) is 19.1 Å². The average Bonchev–Trinajstić information content (AvgIpc) is 2.57. The van der Waals surface area contributed by atoms with Crippen molar-refractivity contribution >= 4 is 5.91 Å². The second kappa shape index (κ2) is 17.1. The Bertz CT molecular complexity index is 313. The van der Waals surface area contributed by atoms with E-state index in [-0.39, 0.29) is 5.91 Å². The Morgan fingerprint density at radius 1 is 0.957 bits per heavy atom. The van der Waals surface area contributed by atoms with Gasteiger partial charge in [0.1, 0.15) is 6.23 Å². The molecule has 0 aliphatic carbocycles. The third-order valence-electron chi connectivity index (χ3n) is 2.74. The van der Waals surface area contributed by atoms with Crippen molar-refractivity contribution in [3.05, 3.63) is 25.3 Å². The number of nitrogens with one attached hydrogen (secondary N) is 2. The second-order valence-electron chi connectivity index (χ2n) is 4.67. The van der Waals surface area contributed by atoms with E-state index in [4.69, 9.17) is 19.3 Å². The van der Waals surface area contributed by atoms with Crippen LogP contribution in [0.4, 0.5) is 0 Å². The standard InChI is InChI=1S/C16H30N2O5/c1-3-15(19)17-7-5-9-21-11-13-23-14-12-22-10-6-8-18-16(20)4-2/h3-4,15,17,19H,1-2,5-14H2,(H,18,20). The predicted octanol–water partition coefficient (Wildman–Crippen LogP) is 0.213. The molecule has 0 saturated carbocycles. The average molecular weight is 330 g/mol. The number of aliphatic hydroxyl groups is 1. The van der Waals surface area contributed by atoms with E-state index in [0.29, 0.717) is 52.7 Å². The summed E-state index contributed by atoms with van der Waals surface area (Å²) in [6.45, 7) is 11.4. The van der Waals surface area contributed by atoms with Crippen LogP contribution in [-0.2, 0) is 19.0 Å². The fourth-order valence-electron chi connectivity index (χ4n) is 1.51. The Labute approximate surface area is 138 Å². The molecule has 0 aliphatic rings. The Balaban J connectivity index is 3.06. The van der Waals surface area contributed by atoms with Gasteiger partial charge in [-0.25, -0.2) is 0 Å². The number of hydrogen-bond acceptors (Lipinski definition) is 6. The molecular weight excluding hydrogens is 300 g/mol. The van der Waals surface area contributed by atoms with Gasteiger partial charge in [-0.15, -0.1) is 0 Å². The lowest BCUT2D eigenvalue weighted by Gasteiger charge is -2.09. The maximum atomic E-state index is 10.9. The molecule has 7 heteroatoms. The van der Waals surface area contributed by atoms with Gasteiger partial charge in [0.05, 0.1) is 26.4 Å². The Kier molecular flexibility index (Phi) is 16.2. The first-order valence-electron chi connectivity index (χ1n) is 7.88. The molecule has 0 aromatic rings. The molecule has 0 saturated heterocycles. The Hall–Kier alpha value is -1.25. The van der Waals surface area contributed by atoms with E-state index < -0.39 is 6.23 Å². The van der Waals surface area contributed by atoms with Crippen LogP contribution < -0.4 is 10.6 Å². The van der Waals surface area contributed by atoms with Gasteiger partial charge in [0, 0.05) is 19.8 Å². The van der Waals surface area contributed by atoms with E-state index in [1.807, 2.05) is 0 Å². The number of hydrogen-bond donors (Lipinski definition) is 3. The second-order valence-corrected chi connectivity index (χ2v) is 4.67. The van der Waals surface area contributed by atoms with Gasteiger partial charge in [-0.05, 0) is 31.5 Å². The number of ether oxygens (including phenoxy) is 3. The highest BCUT2D eigenvalue weighted by Crippen LogP contribution is 1.86. The highest BCUT2D eigenvalue weighted by Gasteiger charge is 1.96. The van der Waals surface area contributed by atoms with E-state index in [0.717, 1.165) is 12.8 Å². The lowest BCUT2D eigenvalue weighted by Crippen LogP contribution is -2.28. The highest BCUT2D eigenvalue weighted by atomic mass is 16.5. The fourth-order valence-corrected chi connectivity index (χ4v) is 1.51. The van der Waals surface area contributed by atoms with E-state index >= 15 is 0 Å². The molecule has 0 spiro atoms. The summed E-state index contributed by atoms with van der Waals surface area (Å²) < 4.78 is 16.1. The first-order valence-corrected chi connectivity index (χ1v) is 7.88. The van der Waals surface area contributed by atoms with Crippen LogP contribution >= 0.6 is 0 Å². The van der Waals surface area contributed by atoms with Crippen molar-refractivity contribution in [1.82, 2.24) is 10.6 Å². The van der Waals surface area contributed by atoms with Crippen LogP contribution in [0.2, 0.25) is 0 Å². The fraction of sp³-hybridized carbons (Fsp3) is 0.688. The smallest absolute Gasteiger partial charge is 0.243 e. The summed E-state index contributed by atoms with van der Waals surface area (Å²) in [7, 11) is 0. The Morgan fingerprint density at radius 3 is 2.00 bits per heavy atom. The maximum absolute atomic E-state index is 10.9. The molecule has 1 atom stereocenters. The molecule has 23 heavy (non-hydrogen) atoms. The van der Waals surface area contributed by atoms with Crippen molar-refractivity contribution in [1.29, 1.82) is 0 Å². The molecule has 0 aromatic carbocycles. The topological polar surface area (TPSA) is 89.1 Å². The minimum Gasteiger partial charge on any atom is -0.379 e. The van der Waals surface area contributed by atoms with E-state index in [2.05, 4.69) is 23.8 Å². The van der Waals surface area contributed by atoms with Crippen LogP contribution in [0.25, 0.3) is 0 Å². The van der Waals surface area contributed by atoms with E-state index in [1.54, 1.807) is 0 Å². The summed E-state index contributed by atoms with van der Waals surface area (Å²) in [6.07, 6.45) is 3.61. The van der Waals surface area contributed by atoms with Gasteiger partial charge < -0.3 is 24.6 Å². The molecule has 0 radical (unpaired) electrons. The zero-order valence-electron chi connectivity index (χ0n) is 13.8. The van der Waals surface area contributed by atoms with Gasteiger partial charge in [-0.1, -0.05) is 13.2 Å². The van der Waals surface area contributed by atoms with Crippen LogP contribution in [0, 0.1) is 0 Å². The molecule has 0 rings (SSSR count). The first-order chi connectivity index (χ1) is 11.2. The van der Waals surface area contributed by atoms with Crippen molar-refractivity contribution in [2.75, 3.05) is 52.7 Å². The van der Waals surface area contributed by atoms with Gasteiger partial charge in [0.2, 0.25) is 5.91 Å². The summed E-state index contributed by atoms with van der Waals surface area (Å²) in [5.74, 6) is -0.166. The monoisotopic (exact) mass is 330 g/mol. The van der Waals surface area contributed by atoms with E-state index in [1.165, 1.54) is 12.2 Å². The maximum Gasteiger partial charge on any atom is 0.243 e. The molecule has 7 nitrogen and oxygen atoms in total. The molecule has 1 unspecified atom stereocenters. The summed E-state index contributed by atoms with van der Waals surface area (Å²) in [6, 6.07) is 0. The number of aliphatic hydroxyl groups excluding tert-OH is 1. The zero-order chi connectivity index (χ0) is 17.2. The van der Waals surface area contributed by atoms with Crippen molar-refractivity contribution in [2.24, 2.45) is 0 Å². The lowest BCUT2D eigenvalue weighted by molar-refractivity contribution is -0.116. The van der Waals surface area contributed by atoms with Crippen LogP contribution in [0.3, 0.4) is 0 Å². The normalized spacial score (nSPS) is 11.9. The molecule has 0 aliphatic heterocycles. The van der Waals surface area contributed by atoms with Crippen molar-refractivity contribution in [3.63, 3.8) is 0 Å². The SMILES string of the molecule is C=CC(=O)NCCCOCCOCCOCCCNC(O)C=C. The quantitative estimate of drug-likeness (QED) is 0.153. The third kappa shape index (κ3) is 16.9. The van der Waals surface area contributed by atoms with Crippen LogP contribution in [0.15, 0.2) is 25.3 Å². The predicted molar refractivity (Wildman–Crippen MR) is 89.1 cm³/mol. The highest BCUT2D eigenvalue weighted by molar-refractivity contribution is 5.86. The van der Waals surface area contributed by atoms with Gasteiger partial charge in [0.15, 0.2) is 0 Å². The number of amides is 1. The molecule has 0 fully saturated rings. The molecule has 3 N–H and O–H groups in total. The minimum absolute atomic E-state index is 0.166. The van der Waals surface area contributed by atoms with Crippen LogP contribution in [-0.4, -0.2) is 70.0 Å². The number of carbonyl (C=O) groups is 1. The number of rotatable bonds is 17. The van der Waals surface area contributed by atoms with Gasteiger partial charge >= 0.3 is 0 Å². The minimum atomic E-state index is -0.656. The first kappa shape index (κ1) is 21.8. The van der Waals surface area contributed by atoms with Gasteiger partial charge in [-0.2, -0.15) is 0 Å². The summed E-state index contributed by atoms with van der Waals surface area (Å²) in [5.41, 5.74) is 0. The van der Waals surface area contributed by atoms with Gasteiger partial charge in [-0.3, -0.25) is 10.1 Å². The zero-order valence-corrected chi connectivity index (χ0v) is 13.8. The lowest BCUT2D eigenvalue weighted by atomic mass is 10.4. The summed E-state index contributed by atoms with van der Waals surface area (Å²) in [4.78, 5) is 10.9. The third-order valence-corrected chi connectivity index (χ3v) is 2.74. The molecule has 134 valence electrons. The van der Waals surface area contributed by atoms with Crippen molar-refractivity contribution in [3.8, 4) is 0 Å². The molecule has 0 bridgehead atoms. The Morgan fingerprint density at radius 2 is 1.48 bits per heavy atom. The van der Waals surface area contributed by atoms with Crippen LogP contribution in [0.5, 0.6) is 0 Å². The molecule has 0 aromatic heterocycles. The van der Waals surface area contributed by atoms with Crippen molar-refractivity contribution < 1.29 is 24.1 Å².